The number of aromatic amines is 1. The van der Waals surface area contributed by atoms with Gasteiger partial charge in [-0.25, -0.2) is 4.98 Å². The Balaban J connectivity index is 1.88. The van der Waals surface area contributed by atoms with Crippen LogP contribution >= 0.6 is 0 Å². The molecule has 0 bridgehead atoms. The lowest BCUT2D eigenvalue weighted by molar-refractivity contribution is -0.141. The van der Waals surface area contributed by atoms with Crippen molar-refractivity contribution in [1.82, 2.24) is 9.97 Å². The van der Waals surface area contributed by atoms with Crippen molar-refractivity contribution >= 4 is 17.0 Å². The number of H-pyrrole nitrogens is 1. The number of carboxylic acid groups (broad SMARTS) is 1. The second kappa shape index (κ2) is 4.57. The van der Waals surface area contributed by atoms with E-state index in [0.29, 0.717) is 6.42 Å². The van der Waals surface area contributed by atoms with Gasteiger partial charge in [-0.1, -0.05) is 0 Å². The van der Waals surface area contributed by atoms with Crippen molar-refractivity contribution in [1.29, 1.82) is 0 Å². The van der Waals surface area contributed by atoms with Crippen LogP contribution in [0.4, 0.5) is 0 Å². The highest BCUT2D eigenvalue weighted by atomic mass is 16.5. The smallest absolute Gasteiger partial charge is 0.306 e. The fourth-order valence-corrected chi connectivity index (χ4v) is 2.78. The summed E-state index contributed by atoms with van der Waals surface area (Å²) >= 11 is 0. The number of hydrogen-bond acceptors (Lipinski definition) is 3. The van der Waals surface area contributed by atoms with Crippen molar-refractivity contribution in [2.24, 2.45) is 5.92 Å². The Kier molecular flexibility index (Phi) is 2.89. The standard InChI is InChI=1S/C14H16N2O3/c1-19-10-4-5-11-12(7-10)16-13(15-11)8-2-3-9(6-8)14(17)18/h4-5,7-9H,2-3,6H2,1H3,(H,15,16)(H,17,18). The van der Waals surface area contributed by atoms with E-state index in [9.17, 15) is 4.79 Å². The Bertz CT molecular complexity index is 620. The zero-order chi connectivity index (χ0) is 13.4. The number of hydrogen-bond donors (Lipinski definition) is 2. The number of methoxy groups -OCH3 is 1. The monoisotopic (exact) mass is 260 g/mol. The van der Waals surface area contributed by atoms with E-state index >= 15 is 0 Å². The van der Waals surface area contributed by atoms with Gasteiger partial charge in [-0.2, -0.15) is 0 Å². The van der Waals surface area contributed by atoms with E-state index in [1.807, 2.05) is 18.2 Å². The highest BCUT2D eigenvalue weighted by Crippen LogP contribution is 2.37. The lowest BCUT2D eigenvalue weighted by atomic mass is 10.0. The van der Waals surface area contributed by atoms with Gasteiger partial charge in [0.25, 0.3) is 0 Å². The Labute approximate surface area is 110 Å². The third-order valence-corrected chi connectivity index (χ3v) is 3.88. The number of carbonyl (C=O) groups is 1. The molecule has 1 aromatic heterocycles. The Hall–Kier alpha value is -2.04. The summed E-state index contributed by atoms with van der Waals surface area (Å²) < 4.78 is 5.18. The summed E-state index contributed by atoms with van der Waals surface area (Å²) in [7, 11) is 1.63. The van der Waals surface area contributed by atoms with Crippen molar-refractivity contribution in [2.45, 2.75) is 25.2 Å². The van der Waals surface area contributed by atoms with Crippen molar-refractivity contribution in [3.05, 3.63) is 24.0 Å². The van der Waals surface area contributed by atoms with Gasteiger partial charge in [-0.15, -0.1) is 0 Å². The number of fused-ring (bicyclic) bond motifs is 1. The third kappa shape index (κ3) is 2.16. The molecule has 1 aromatic carbocycles. The van der Waals surface area contributed by atoms with Crippen LogP contribution in [-0.4, -0.2) is 28.2 Å². The number of aromatic nitrogens is 2. The SMILES string of the molecule is COc1ccc2nc(C3CCC(C(=O)O)C3)[nH]c2c1. The highest BCUT2D eigenvalue weighted by molar-refractivity contribution is 5.77. The highest BCUT2D eigenvalue weighted by Gasteiger charge is 2.32. The van der Waals surface area contributed by atoms with Crippen LogP contribution in [0.2, 0.25) is 0 Å². The van der Waals surface area contributed by atoms with Crippen molar-refractivity contribution in [3.8, 4) is 5.75 Å². The summed E-state index contributed by atoms with van der Waals surface area (Å²) in [5.41, 5.74) is 1.84. The fourth-order valence-electron chi connectivity index (χ4n) is 2.78. The van der Waals surface area contributed by atoms with Crippen LogP contribution in [0.5, 0.6) is 5.75 Å². The Morgan fingerprint density at radius 2 is 2.32 bits per heavy atom. The number of nitrogens with one attached hydrogen (secondary N) is 1. The second-order valence-electron chi connectivity index (χ2n) is 5.05. The predicted molar refractivity (Wildman–Crippen MR) is 70.4 cm³/mol. The van der Waals surface area contributed by atoms with E-state index in [0.717, 1.165) is 35.4 Å². The van der Waals surface area contributed by atoms with Gasteiger partial charge in [0.05, 0.1) is 24.1 Å². The average Bonchev–Trinajstić information content (AvgIpc) is 3.04. The van der Waals surface area contributed by atoms with E-state index in [1.54, 1.807) is 7.11 Å². The topological polar surface area (TPSA) is 75.2 Å². The molecular weight excluding hydrogens is 244 g/mol. The zero-order valence-corrected chi connectivity index (χ0v) is 10.7. The molecule has 1 aliphatic carbocycles. The molecule has 0 amide bonds. The molecule has 1 heterocycles. The van der Waals surface area contributed by atoms with Gasteiger partial charge >= 0.3 is 5.97 Å². The molecule has 1 saturated carbocycles. The van der Waals surface area contributed by atoms with Gasteiger partial charge in [-0.3, -0.25) is 4.79 Å². The number of ether oxygens (including phenoxy) is 1. The molecule has 5 heteroatoms. The molecule has 2 N–H and O–H groups in total. The molecule has 5 nitrogen and oxygen atoms in total. The molecule has 0 radical (unpaired) electrons. The molecule has 19 heavy (non-hydrogen) atoms. The van der Waals surface area contributed by atoms with Crippen LogP contribution < -0.4 is 4.74 Å². The van der Waals surface area contributed by atoms with E-state index in [1.165, 1.54) is 0 Å². The number of carboxylic acids is 1. The van der Waals surface area contributed by atoms with Crippen molar-refractivity contribution in [2.75, 3.05) is 7.11 Å². The molecule has 1 aliphatic rings. The minimum atomic E-state index is -0.694. The van der Waals surface area contributed by atoms with E-state index in [4.69, 9.17) is 9.84 Å². The molecule has 1 fully saturated rings. The van der Waals surface area contributed by atoms with Gasteiger partial charge < -0.3 is 14.8 Å². The summed E-state index contributed by atoms with van der Waals surface area (Å²) in [5, 5.41) is 9.04. The number of imidazole rings is 1. The quantitative estimate of drug-likeness (QED) is 0.889. The molecule has 2 aromatic rings. The summed E-state index contributed by atoms with van der Waals surface area (Å²) in [4.78, 5) is 18.8. The minimum absolute atomic E-state index is 0.222. The molecule has 3 rings (SSSR count). The zero-order valence-electron chi connectivity index (χ0n) is 10.7. The first-order valence-corrected chi connectivity index (χ1v) is 6.44. The molecule has 2 atom stereocenters. The van der Waals surface area contributed by atoms with E-state index in [-0.39, 0.29) is 11.8 Å². The van der Waals surface area contributed by atoms with E-state index < -0.39 is 5.97 Å². The lowest BCUT2D eigenvalue weighted by Gasteiger charge is -2.04. The number of rotatable bonds is 3. The minimum Gasteiger partial charge on any atom is -0.497 e. The summed E-state index contributed by atoms with van der Waals surface area (Å²) in [5.74, 6) is 0.983. The third-order valence-electron chi connectivity index (χ3n) is 3.88. The number of benzene rings is 1. The first-order chi connectivity index (χ1) is 9.17. The van der Waals surface area contributed by atoms with Gasteiger partial charge in [0.1, 0.15) is 11.6 Å². The molecule has 2 unspecified atom stereocenters. The molecular formula is C14H16N2O3. The van der Waals surface area contributed by atoms with Gasteiger partial charge in [0.2, 0.25) is 0 Å². The Morgan fingerprint density at radius 3 is 3.00 bits per heavy atom. The predicted octanol–water partition coefficient (Wildman–Crippen LogP) is 2.54. The maximum absolute atomic E-state index is 11.0. The van der Waals surface area contributed by atoms with E-state index in [2.05, 4.69) is 9.97 Å². The largest absolute Gasteiger partial charge is 0.497 e. The van der Waals surface area contributed by atoms with Crippen LogP contribution in [0.1, 0.15) is 31.0 Å². The van der Waals surface area contributed by atoms with Gasteiger partial charge in [0.15, 0.2) is 0 Å². The number of aliphatic carboxylic acids is 1. The van der Waals surface area contributed by atoms with Crippen LogP contribution in [0.15, 0.2) is 18.2 Å². The first kappa shape index (κ1) is 12.0. The summed E-state index contributed by atoms with van der Waals surface area (Å²) in [6.07, 6.45) is 2.29. The Morgan fingerprint density at radius 1 is 1.47 bits per heavy atom. The van der Waals surface area contributed by atoms with Crippen LogP contribution in [-0.2, 0) is 4.79 Å². The fraction of sp³-hybridized carbons (Fsp3) is 0.429. The molecule has 0 saturated heterocycles. The van der Waals surface area contributed by atoms with Gasteiger partial charge in [0, 0.05) is 12.0 Å². The van der Waals surface area contributed by atoms with Crippen molar-refractivity contribution < 1.29 is 14.6 Å². The van der Waals surface area contributed by atoms with Gasteiger partial charge in [-0.05, 0) is 31.4 Å². The maximum Gasteiger partial charge on any atom is 0.306 e. The number of nitrogens with zero attached hydrogens (tertiary/aromatic N) is 1. The molecule has 100 valence electrons. The van der Waals surface area contributed by atoms with Crippen LogP contribution in [0.25, 0.3) is 11.0 Å². The normalized spacial score (nSPS) is 22.8. The molecule has 0 spiro atoms. The second-order valence-corrected chi connectivity index (χ2v) is 5.05. The van der Waals surface area contributed by atoms with Crippen LogP contribution in [0, 0.1) is 5.92 Å². The average molecular weight is 260 g/mol. The first-order valence-electron chi connectivity index (χ1n) is 6.44. The maximum atomic E-state index is 11.0. The summed E-state index contributed by atoms with van der Waals surface area (Å²) in [6.45, 7) is 0. The van der Waals surface area contributed by atoms with Crippen LogP contribution in [0.3, 0.4) is 0 Å². The van der Waals surface area contributed by atoms with Crippen molar-refractivity contribution in [3.63, 3.8) is 0 Å². The lowest BCUT2D eigenvalue weighted by Crippen LogP contribution is -2.09. The molecule has 0 aliphatic heterocycles. The summed E-state index contributed by atoms with van der Waals surface area (Å²) in [6, 6.07) is 5.70.